The van der Waals surface area contributed by atoms with E-state index in [0.717, 1.165) is 48.1 Å². The summed E-state index contributed by atoms with van der Waals surface area (Å²) >= 11 is 0. The maximum absolute atomic E-state index is 13.6. The van der Waals surface area contributed by atoms with Gasteiger partial charge in [0.1, 0.15) is 0 Å². The number of hydrogen-bond donors (Lipinski definition) is 1. The molecule has 1 saturated heterocycles. The van der Waals surface area contributed by atoms with E-state index in [0.29, 0.717) is 24.5 Å². The van der Waals surface area contributed by atoms with Crippen LogP contribution in [0.15, 0.2) is 47.6 Å². The predicted octanol–water partition coefficient (Wildman–Crippen LogP) is 2.65. The molecule has 8 heteroatoms. The zero-order valence-electron chi connectivity index (χ0n) is 16.8. The van der Waals surface area contributed by atoms with Gasteiger partial charge in [-0.25, -0.2) is 17.4 Å². The average Bonchev–Trinajstić information content (AvgIpc) is 3.36. The Hall–Kier alpha value is -2.71. The van der Waals surface area contributed by atoms with Gasteiger partial charge in [-0.3, -0.25) is 4.79 Å². The predicted molar refractivity (Wildman–Crippen MR) is 115 cm³/mol. The number of hydrogen-bond acceptors (Lipinski definition) is 5. The molecule has 7 nitrogen and oxygen atoms in total. The van der Waals surface area contributed by atoms with Gasteiger partial charge in [-0.2, -0.15) is 0 Å². The maximum atomic E-state index is 13.6. The quantitative estimate of drug-likeness (QED) is 0.699. The minimum atomic E-state index is -3.81. The second kappa shape index (κ2) is 7.21. The van der Waals surface area contributed by atoms with Gasteiger partial charge >= 0.3 is 0 Å². The summed E-state index contributed by atoms with van der Waals surface area (Å²) < 4.78 is 28.5. The molecule has 4 heterocycles. The van der Waals surface area contributed by atoms with E-state index in [1.54, 1.807) is 35.5 Å². The molecule has 0 bridgehead atoms. The highest BCUT2D eigenvalue weighted by molar-refractivity contribution is 7.90. The number of rotatable bonds is 3. The van der Waals surface area contributed by atoms with Gasteiger partial charge in [-0.15, -0.1) is 0 Å². The Morgan fingerprint density at radius 1 is 1.20 bits per heavy atom. The van der Waals surface area contributed by atoms with Crippen molar-refractivity contribution in [1.29, 1.82) is 0 Å². The molecule has 0 spiro atoms. The molecule has 0 saturated carbocycles. The number of carbonyl (C=O) groups is 1. The molecule has 5 rings (SSSR count). The Balaban J connectivity index is 1.61. The van der Waals surface area contributed by atoms with E-state index in [9.17, 15) is 13.2 Å². The minimum Gasteiger partial charge on any atom is -0.317 e. The zero-order valence-corrected chi connectivity index (χ0v) is 17.7. The van der Waals surface area contributed by atoms with E-state index in [2.05, 4.69) is 10.3 Å². The lowest BCUT2D eigenvalue weighted by Crippen LogP contribution is -2.26. The van der Waals surface area contributed by atoms with E-state index in [4.69, 9.17) is 0 Å². The highest BCUT2D eigenvalue weighted by atomic mass is 32.2. The third kappa shape index (κ3) is 3.02. The first-order chi connectivity index (χ1) is 14.5. The highest BCUT2D eigenvalue weighted by Gasteiger charge is 2.28. The minimum absolute atomic E-state index is 0.0309. The molecule has 0 aliphatic carbocycles. The summed E-state index contributed by atoms with van der Waals surface area (Å²) in [4.78, 5) is 18.1. The van der Waals surface area contributed by atoms with Crippen LogP contribution in [-0.2, 0) is 21.2 Å². The van der Waals surface area contributed by atoms with Crippen molar-refractivity contribution in [2.45, 2.75) is 37.0 Å². The fourth-order valence-electron chi connectivity index (χ4n) is 4.68. The Kier molecular flexibility index (Phi) is 4.63. The first kappa shape index (κ1) is 19.3. The fourth-order valence-corrected chi connectivity index (χ4v) is 6.06. The van der Waals surface area contributed by atoms with Crippen molar-refractivity contribution in [1.82, 2.24) is 14.3 Å². The topological polar surface area (TPSA) is 84.3 Å². The van der Waals surface area contributed by atoms with Gasteiger partial charge in [0.15, 0.2) is 5.65 Å². The molecule has 156 valence electrons. The summed E-state index contributed by atoms with van der Waals surface area (Å²) in [6, 6.07) is 8.85. The molecule has 1 amide bonds. The van der Waals surface area contributed by atoms with Crippen molar-refractivity contribution >= 4 is 32.7 Å². The van der Waals surface area contributed by atoms with Gasteiger partial charge in [0.25, 0.3) is 10.0 Å². The van der Waals surface area contributed by atoms with Crippen LogP contribution in [0.1, 0.15) is 36.8 Å². The lowest BCUT2D eigenvalue weighted by molar-refractivity contribution is -0.116. The van der Waals surface area contributed by atoms with Crippen LogP contribution >= 0.6 is 0 Å². The maximum Gasteiger partial charge on any atom is 0.269 e. The van der Waals surface area contributed by atoms with E-state index in [1.807, 2.05) is 12.1 Å². The van der Waals surface area contributed by atoms with Gasteiger partial charge in [-0.05, 0) is 79.7 Å². The standard InChI is InChI=1S/C22H24N4O3S/c1-15(27)25-12-8-17-13-18(4-5-21(17)25)30(28,29)26-14-20(16-6-10-23-11-7-16)19-3-2-9-24-22(19)26/h2-5,9,13-14,16,23H,6-8,10-12H2,1H3. The smallest absolute Gasteiger partial charge is 0.269 e. The summed E-state index contributed by atoms with van der Waals surface area (Å²) in [5.74, 6) is 0.287. The average molecular weight is 425 g/mol. The fraction of sp³-hybridized carbons (Fsp3) is 0.364. The number of pyridine rings is 1. The van der Waals surface area contributed by atoms with Crippen molar-refractivity contribution < 1.29 is 13.2 Å². The molecule has 0 radical (unpaired) electrons. The molecule has 1 N–H and O–H groups in total. The Labute approximate surface area is 175 Å². The summed E-state index contributed by atoms with van der Waals surface area (Å²) in [5.41, 5.74) is 3.20. The van der Waals surface area contributed by atoms with Crippen LogP contribution in [0.5, 0.6) is 0 Å². The van der Waals surface area contributed by atoms with Crippen LogP contribution in [0.4, 0.5) is 5.69 Å². The first-order valence-electron chi connectivity index (χ1n) is 10.3. The molecule has 2 aliphatic rings. The summed E-state index contributed by atoms with van der Waals surface area (Å²) in [6.07, 6.45) is 6.01. The molecule has 1 fully saturated rings. The van der Waals surface area contributed by atoms with Gasteiger partial charge in [-0.1, -0.05) is 0 Å². The van der Waals surface area contributed by atoms with E-state index in [1.165, 1.54) is 10.9 Å². The number of amides is 1. The van der Waals surface area contributed by atoms with Gasteiger partial charge < -0.3 is 10.2 Å². The molecule has 30 heavy (non-hydrogen) atoms. The second-order valence-corrected chi connectivity index (χ2v) is 9.81. The van der Waals surface area contributed by atoms with Crippen LogP contribution in [-0.4, -0.2) is 42.9 Å². The molecular weight excluding hydrogens is 400 g/mol. The summed E-state index contributed by atoms with van der Waals surface area (Å²) in [5, 5.41) is 4.26. The highest BCUT2D eigenvalue weighted by Crippen LogP contribution is 2.35. The lowest BCUT2D eigenvalue weighted by atomic mass is 9.90. The monoisotopic (exact) mass is 424 g/mol. The third-order valence-corrected chi connectivity index (χ3v) is 7.87. The number of piperidine rings is 1. The molecule has 0 unspecified atom stereocenters. The van der Waals surface area contributed by atoms with E-state index < -0.39 is 10.0 Å². The van der Waals surface area contributed by atoms with Crippen molar-refractivity contribution in [3.05, 3.63) is 53.9 Å². The third-order valence-electron chi connectivity index (χ3n) is 6.23. The molecule has 1 aromatic carbocycles. The Morgan fingerprint density at radius 2 is 2.00 bits per heavy atom. The van der Waals surface area contributed by atoms with Crippen LogP contribution in [0.3, 0.4) is 0 Å². The number of benzene rings is 1. The second-order valence-electron chi connectivity index (χ2n) is 8.00. The largest absolute Gasteiger partial charge is 0.317 e. The van der Waals surface area contributed by atoms with Gasteiger partial charge in [0.2, 0.25) is 5.91 Å². The van der Waals surface area contributed by atoms with Crippen LogP contribution < -0.4 is 10.2 Å². The Morgan fingerprint density at radius 3 is 2.77 bits per heavy atom. The molecule has 2 aliphatic heterocycles. The summed E-state index contributed by atoms with van der Waals surface area (Å²) in [6.45, 7) is 3.98. The molecule has 0 atom stereocenters. The van der Waals surface area contributed by atoms with Crippen molar-refractivity contribution in [3.8, 4) is 0 Å². The van der Waals surface area contributed by atoms with E-state index >= 15 is 0 Å². The first-order valence-corrected chi connectivity index (χ1v) is 11.7. The molecular formula is C22H24N4O3S. The number of fused-ring (bicyclic) bond motifs is 2. The lowest BCUT2D eigenvalue weighted by Gasteiger charge is -2.22. The Bertz CT molecular complexity index is 1240. The van der Waals surface area contributed by atoms with Crippen LogP contribution in [0.25, 0.3) is 11.0 Å². The van der Waals surface area contributed by atoms with Crippen molar-refractivity contribution in [2.24, 2.45) is 0 Å². The molecule has 3 aromatic rings. The number of anilines is 1. The number of nitrogens with zero attached hydrogens (tertiary/aromatic N) is 3. The normalized spacial score (nSPS) is 17.4. The number of carbonyl (C=O) groups excluding carboxylic acids is 1. The van der Waals surface area contributed by atoms with Crippen LogP contribution in [0.2, 0.25) is 0 Å². The van der Waals surface area contributed by atoms with Gasteiger partial charge in [0.05, 0.1) is 4.90 Å². The van der Waals surface area contributed by atoms with Gasteiger partial charge in [0, 0.05) is 36.9 Å². The van der Waals surface area contributed by atoms with Crippen molar-refractivity contribution in [2.75, 3.05) is 24.5 Å². The zero-order chi connectivity index (χ0) is 20.9. The number of nitrogens with one attached hydrogen (secondary N) is 1. The van der Waals surface area contributed by atoms with E-state index in [-0.39, 0.29) is 10.8 Å². The number of aromatic nitrogens is 2. The van der Waals surface area contributed by atoms with Crippen LogP contribution in [0, 0.1) is 0 Å². The summed E-state index contributed by atoms with van der Waals surface area (Å²) in [7, 11) is -3.81. The van der Waals surface area contributed by atoms with Crippen molar-refractivity contribution in [3.63, 3.8) is 0 Å². The SMILES string of the molecule is CC(=O)N1CCc2cc(S(=O)(=O)n3cc(C4CCNCC4)c4cccnc43)ccc21. The molecule has 2 aromatic heterocycles.